The summed E-state index contributed by atoms with van der Waals surface area (Å²) in [5, 5.41) is 24.6. The molecule has 6 aliphatic rings. The normalized spacial score (nSPS) is 32.6. The molecule has 6 fully saturated rings. The Morgan fingerprint density at radius 3 is 1.49 bits per heavy atom. The first kappa shape index (κ1) is 56.7. The van der Waals surface area contributed by atoms with Gasteiger partial charge in [-0.2, -0.15) is 0 Å². The number of hydrogen-bond donors (Lipinski definition) is 5. The van der Waals surface area contributed by atoms with Gasteiger partial charge in [-0.25, -0.2) is 0 Å². The van der Waals surface area contributed by atoms with Crippen molar-refractivity contribution in [2.45, 2.75) is 64.1 Å². The topological polar surface area (TPSA) is 94.3 Å². The van der Waals surface area contributed by atoms with Crippen molar-refractivity contribution in [1.29, 1.82) is 0 Å². The van der Waals surface area contributed by atoms with Crippen LogP contribution in [0.1, 0.15) is 68.3 Å². The van der Waals surface area contributed by atoms with Crippen molar-refractivity contribution in [3.63, 3.8) is 0 Å². The number of hydrogen-bond acceptors (Lipinski definition) is 13. The van der Waals surface area contributed by atoms with Crippen molar-refractivity contribution >= 4 is 0 Å². The lowest BCUT2D eigenvalue weighted by molar-refractivity contribution is 0.0743. The molecule has 11 unspecified atom stereocenters. The Balaban J connectivity index is 0.000000164. The Bertz CT molecular complexity index is 1790. The number of para-hydroxylation sites is 1. The Morgan fingerprint density at radius 2 is 0.903 bits per heavy atom. The molecule has 0 amide bonds. The molecular weight excluding hydrogens is 893 g/mol. The molecule has 6 bridgehead atoms. The fourth-order valence-electron chi connectivity index (χ4n) is 12.0. The van der Waals surface area contributed by atoms with Crippen LogP contribution in [0.4, 0.5) is 0 Å². The first-order chi connectivity index (χ1) is 35.3. The van der Waals surface area contributed by atoms with Crippen molar-refractivity contribution < 1.29 is 5.11 Å². The lowest BCUT2D eigenvalue weighted by Gasteiger charge is -2.41. The third-order valence-electron chi connectivity index (χ3n) is 16.4. The van der Waals surface area contributed by atoms with E-state index >= 15 is 0 Å². The van der Waals surface area contributed by atoms with E-state index in [1.807, 2.05) is 12.1 Å². The average molecular weight is 994 g/mol. The maximum absolute atomic E-state index is 10.2. The SMILES string of the molecule is CC1CNCCN2CCN(CCNCC(C)C2)C1.CN1CCC(c2ccccc2)N2CCN(C)CCC(c3ccccc3)N(CC1)CC2.Oc1ccccc1CC1CCNCCN2CCCNCCN1CC2. The van der Waals surface area contributed by atoms with Gasteiger partial charge in [0.2, 0.25) is 0 Å². The summed E-state index contributed by atoms with van der Waals surface area (Å²) in [5.41, 5.74) is 4.01. The quantitative estimate of drug-likeness (QED) is 0.251. The van der Waals surface area contributed by atoms with Gasteiger partial charge >= 0.3 is 0 Å². The average Bonchev–Trinajstić information content (AvgIpc) is 3.40. The zero-order valence-electron chi connectivity index (χ0n) is 45.6. The molecule has 6 heterocycles. The molecule has 72 heavy (non-hydrogen) atoms. The Kier molecular flexibility index (Phi) is 25.0. The van der Waals surface area contributed by atoms with Crippen LogP contribution < -0.4 is 21.3 Å². The van der Waals surface area contributed by atoms with Crippen LogP contribution >= 0.6 is 0 Å². The third kappa shape index (κ3) is 19.6. The van der Waals surface area contributed by atoms with Crippen molar-refractivity contribution in [3.05, 3.63) is 102 Å². The van der Waals surface area contributed by atoms with Crippen LogP contribution in [0, 0.1) is 11.8 Å². The van der Waals surface area contributed by atoms with E-state index in [0.717, 1.165) is 161 Å². The highest BCUT2D eigenvalue weighted by molar-refractivity contribution is 5.32. The van der Waals surface area contributed by atoms with Crippen LogP contribution in [-0.4, -0.2) is 241 Å². The minimum absolute atomic E-state index is 0.434. The van der Waals surface area contributed by atoms with Crippen LogP contribution in [0.2, 0.25) is 0 Å². The molecular formula is C59H100N12O. The van der Waals surface area contributed by atoms with Crippen molar-refractivity contribution in [3.8, 4) is 5.75 Å². The highest BCUT2D eigenvalue weighted by Gasteiger charge is 2.29. The van der Waals surface area contributed by atoms with E-state index in [2.05, 4.69) is 155 Å². The number of likely N-dealkylation sites (N-methyl/N-ethyl adjacent to an activating group) is 2. The molecule has 6 saturated heterocycles. The summed E-state index contributed by atoms with van der Waals surface area (Å²) < 4.78 is 0. The van der Waals surface area contributed by atoms with Crippen LogP contribution in [-0.2, 0) is 6.42 Å². The summed E-state index contributed by atoms with van der Waals surface area (Å²) in [7, 11) is 4.59. The van der Waals surface area contributed by atoms with Gasteiger partial charge in [-0.15, -0.1) is 0 Å². The van der Waals surface area contributed by atoms with Gasteiger partial charge in [0.05, 0.1) is 0 Å². The molecule has 0 radical (unpaired) electrons. The minimum Gasteiger partial charge on any atom is -0.508 e. The van der Waals surface area contributed by atoms with Crippen LogP contribution in [0.15, 0.2) is 84.9 Å². The predicted molar refractivity (Wildman–Crippen MR) is 301 cm³/mol. The number of nitrogens with one attached hydrogen (secondary N) is 4. The maximum atomic E-state index is 10.2. The summed E-state index contributed by atoms with van der Waals surface area (Å²) in [6.45, 7) is 35.8. The molecule has 402 valence electrons. The molecule has 9 rings (SSSR count). The molecule has 11 atom stereocenters. The molecule has 13 heteroatoms. The molecule has 3 aromatic rings. The summed E-state index contributed by atoms with van der Waals surface area (Å²) in [6.07, 6.45) is 5.70. The number of nitrogens with zero attached hydrogens (tertiary/aromatic N) is 8. The number of aromatic hydroxyl groups is 1. The van der Waals surface area contributed by atoms with Crippen molar-refractivity contribution in [2.75, 3.05) is 191 Å². The lowest BCUT2D eigenvalue weighted by Crippen LogP contribution is -2.49. The molecule has 5 N–H and O–H groups in total. The number of phenolic OH excluding ortho intramolecular Hbond substituents is 1. The molecule has 0 spiro atoms. The van der Waals surface area contributed by atoms with Gasteiger partial charge in [0.1, 0.15) is 5.75 Å². The second kappa shape index (κ2) is 31.8. The van der Waals surface area contributed by atoms with Crippen LogP contribution in [0.5, 0.6) is 5.75 Å². The van der Waals surface area contributed by atoms with E-state index in [0.29, 0.717) is 23.9 Å². The van der Waals surface area contributed by atoms with Crippen molar-refractivity contribution in [2.24, 2.45) is 11.8 Å². The van der Waals surface area contributed by atoms with E-state index in [1.54, 1.807) is 6.07 Å². The first-order valence-corrected chi connectivity index (χ1v) is 28.7. The maximum Gasteiger partial charge on any atom is 0.118 e. The molecule has 0 aliphatic carbocycles. The van der Waals surface area contributed by atoms with Crippen molar-refractivity contribution in [1.82, 2.24) is 60.5 Å². The fraction of sp³-hybridized carbons (Fsp3) is 0.695. The summed E-state index contributed by atoms with van der Waals surface area (Å²) in [6, 6.07) is 31.6. The highest BCUT2D eigenvalue weighted by atomic mass is 16.3. The monoisotopic (exact) mass is 993 g/mol. The van der Waals surface area contributed by atoms with E-state index in [9.17, 15) is 5.11 Å². The lowest BCUT2D eigenvalue weighted by atomic mass is 9.99. The standard InChI is InChI=1S/C26H38N4.C19H32N4O.C14H30N4/c1-27-15-13-25(23-9-5-3-6-10-23)30-20-18-28(2)16-14-26(24-11-7-4-8-12-24)29(19-17-27)21-22-30;24-19-5-2-1-4-17(19)16-18-6-8-21-9-12-22-11-3-7-20-10-13-23(18)15-14-22;1-13-9-15-3-6-18-8-7-17(11-13)5-4-16-10-14(2)12-18/h3-12,25-26H,13-22H2,1-2H3;1-2,4-5,18,20-21,24H,3,6-16H2;13-16H,3-12H2,1-2H3. The zero-order chi connectivity index (χ0) is 50.2. The molecule has 0 aromatic heterocycles. The van der Waals surface area contributed by atoms with Gasteiger partial charge in [0, 0.05) is 149 Å². The first-order valence-electron chi connectivity index (χ1n) is 28.7. The third-order valence-corrected chi connectivity index (χ3v) is 16.4. The largest absolute Gasteiger partial charge is 0.508 e. The molecule has 3 aromatic carbocycles. The summed E-state index contributed by atoms with van der Waals surface area (Å²) in [4.78, 5) is 21.1. The van der Waals surface area contributed by atoms with E-state index in [4.69, 9.17) is 0 Å². The summed E-state index contributed by atoms with van der Waals surface area (Å²) >= 11 is 0. The van der Waals surface area contributed by atoms with Gasteiger partial charge in [-0.1, -0.05) is 92.7 Å². The van der Waals surface area contributed by atoms with Gasteiger partial charge in [-0.05, 0) is 127 Å². The number of rotatable bonds is 4. The Hall–Kier alpha value is -3.02. The molecule has 6 aliphatic heterocycles. The second-order valence-electron chi connectivity index (χ2n) is 22.3. The summed E-state index contributed by atoms with van der Waals surface area (Å²) in [5.74, 6) is 1.96. The number of benzene rings is 3. The number of phenols is 1. The molecule has 0 saturated carbocycles. The van der Waals surface area contributed by atoms with E-state index in [-0.39, 0.29) is 0 Å². The number of fused-ring (bicyclic) bond motifs is 9. The van der Waals surface area contributed by atoms with Gasteiger partial charge in [-0.3, -0.25) is 14.7 Å². The highest BCUT2D eigenvalue weighted by Crippen LogP contribution is 2.30. The van der Waals surface area contributed by atoms with Crippen LogP contribution in [0.25, 0.3) is 0 Å². The Morgan fingerprint density at radius 1 is 0.431 bits per heavy atom. The molecule has 13 nitrogen and oxygen atoms in total. The fourth-order valence-corrected chi connectivity index (χ4v) is 12.0. The van der Waals surface area contributed by atoms with Gasteiger partial charge in [0.15, 0.2) is 0 Å². The van der Waals surface area contributed by atoms with Gasteiger partial charge in [0.25, 0.3) is 0 Å². The second-order valence-corrected chi connectivity index (χ2v) is 22.3. The Labute approximate surface area is 438 Å². The van der Waals surface area contributed by atoms with Crippen LogP contribution in [0.3, 0.4) is 0 Å². The van der Waals surface area contributed by atoms with E-state index in [1.165, 1.54) is 76.2 Å². The smallest absolute Gasteiger partial charge is 0.118 e. The van der Waals surface area contributed by atoms with E-state index < -0.39 is 0 Å². The van der Waals surface area contributed by atoms with Gasteiger partial charge < -0.3 is 50.9 Å². The predicted octanol–water partition coefficient (Wildman–Crippen LogP) is 4.71. The zero-order valence-corrected chi connectivity index (χ0v) is 45.6. The minimum atomic E-state index is 0.434.